The minimum Gasteiger partial charge on any atom is -0.497 e. The highest BCUT2D eigenvalue weighted by Gasteiger charge is 2.42. The van der Waals surface area contributed by atoms with Gasteiger partial charge in [-0.1, -0.05) is 6.07 Å². The molecular weight excluding hydrogens is 366 g/mol. The van der Waals surface area contributed by atoms with Crippen molar-refractivity contribution in [3.8, 4) is 11.5 Å². The van der Waals surface area contributed by atoms with Gasteiger partial charge in [0.1, 0.15) is 23.9 Å². The molecule has 0 radical (unpaired) electrons. The normalized spacial score (nSPS) is 17.6. The summed E-state index contributed by atoms with van der Waals surface area (Å²) in [6, 6.07) is 5.16. The van der Waals surface area contributed by atoms with Crippen LogP contribution in [0.15, 0.2) is 39.1 Å². The molecular formula is C19H19N3O6. The fourth-order valence-corrected chi connectivity index (χ4v) is 3.75. The minimum absolute atomic E-state index is 0.0476. The number of fused-ring (bicyclic) bond motifs is 1. The van der Waals surface area contributed by atoms with E-state index < -0.39 is 23.1 Å². The van der Waals surface area contributed by atoms with Crippen LogP contribution in [0.4, 0.5) is 5.82 Å². The number of methoxy groups -OCH3 is 2. The van der Waals surface area contributed by atoms with Crippen molar-refractivity contribution in [2.45, 2.75) is 5.92 Å². The van der Waals surface area contributed by atoms with Crippen LogP contribution in [0, 0.1) is 0 Å². The van der Waals surface area contributed by atoms with Crippen molar-refractivity contribution in [3.63, 3.8) is 0 Å². The maximum Gasteiger partial charge on any atom is 0.337 e. The molecule has 9 nitrogen and oxygen atoms in total. The number of hydrogen-bond donors (Lipinski definition) is 1. The van der Waals surface area contributed by atoms with E-state index >= 15 is 0 Å². The van der Waals surface area contributed by atoms with Gasteiger partial charge < -0.3 is 19.5 Å². The number of benzene rings is 1. The molecule has 9 heteroatoms. The molecule has 0 aliphatic carbocycles. The van der Waals surface area contributed by atoms with Crippen LogP contribution in [-0.4, -0.2) is 35.9 Å². The predicted octanol–water partition coefficient (Wildman–Crippen LogP) is 0.469. The Morgan fingerprint density at radius 3 is 2.54 bits per heavy atom. The van der Waals surface area contributed by atoms with E-state index in [4.69, 9.17) is 14.2 Å². The lowest BCUT2D eigenvalue weighted by molar-refractivity contribution is -0.136. The number of anilines is 1. The fourth-order valence-electron chi connectivity index (χ4n) is 3.75. The number of cyclic esters (lactones) is 1. The first kappa shape index (κ1) is 17.9. The zero-order valence-electron chi connectivity index (χ0n) is 15.9. The molecule has 2 aromatic rings. The topological polar surface area (TPSA) is 101 Å². The van der Waals surface area contributed by atoms with Crippen molar-refractivity contribution in [1.29, 1.82) is 0 Å². The number of carbonyl (C=O) groups excluding carboxylic acids is 1. The quantitative estimate of drug-likeness (QED) is 0.767. The molecule has 0 saturated heterocycles. The Hall–Kier alpha value is -3.49. The zero-order chi connectivity index (χ0) is 20.2. The van der Waals surface area contributed by atoms with Crippen LogP contribution in [0.2, 0.25) is 0 Å². The summed E-state index contributed by atoms with van der Waals surface area (Å²) in [5, 5.41) is 3.04. The Morgan fingerprint density at radius 1 is 1.11 bits per heavy atom. The van der Waals surface area contributed by atoms with Gasteiger partial charge in [0.05, 0.1) is 37.0 Å². The van der Waals surface area contributed by atoms with Gasteiger partial charge in [-0.2, -0.15) is 0 Å². The van der Waals surface area contributed by atoms with Gasteiger partial charge in [0.2, 0.25) is 0 Å². The van der Waals surface area contributed by atoms with Crippen molar-refractivity contribution < 1.29 is 19.0 Å². The monoisotopic (exact) mass is 385 g/mol. The molecule has 0 spiro atoms. The lowest BCUT2D eigenvalue weighted by atomic mass is 9.82. The molecule has 1 aromatic heterocycles. The van der Waals surface area contributed by atoms with E-state index in [1.165, 1.54) is 25.8 Å². The Bertz CT molecular complexity index is 1160. The third kappa shape index (κ3) is 2.35. The van der Waals surface area contributed by atoms with Gasteiger partial charge in [0, 0.05) is 25.7 Å². The molecule has 2 aliphatic heterocycles. The highest BCUT2D eigenvalue weighted by molar-refractivity contribution is 5.97. The second kappa shape index (κ2) is 6.29. The highest BCUT2D eigenvalue weighted by Crippen LogP contribution is 2.45. The van der Waals surface area contributed by atoms with E-state index in [-0.39, 0.29) is 12.2 Å². The maximum absolute atomic E-state index is 13.1. The van der Waals surface area contributed by atoms with E-state index in [0.717, 1.165) is 4.57 Å². The lowest BCUT2D eigenvalue weighted by Gasteiger charge is -2.29. The summed E-state index contributed by atoms with van der Waals surface area (Å²) in [6.07, 6.45) is 0. The van der Waals surface area contributed by atoms with Crippen molar-refractivity contribution in [2.75, 3.05) is 26.1 Å². The smallest absolute Gasteiger partial charge is 0.337 e. The van der Waals surface area contributed by atoms with Crippen LogP contribution < -0.4 is 26.0 Å². The number of hydrogen-bond acceptors (Lipinski definition) is 7. The van der Waals surface area contributed by atoms with Crippen molar-refractivity contribution in [1.82, 2.24) is 9.13 Å². The average molecular weight is 385 g/mol. The third-order valence-corrected chi connectivity index (χ3v) is 5.19. The van der Waals surface area contributed by atoms with Gasteiger partial charge in [0.15, 0.2) is 0 Å². The highest BCUT2D eigenvalue weighted by atomic mass is 16.5. The number of aromatic nitrogens is 2. The van der Waals surface area contributed by atoms with E-state index in [1.54, 1.807) is 25.2 Å². The number of rotatable bonds is 3. The fraction of sp³-hybridized carbons (Fsp3) is 0.316. The maximum atomic E-state index is 13.1. The summed E-state index contributed by atoms with van der Waals surface area (Å²) in [4.78, 5) is 38.0. The second-order valence-corrected chi connectivity index (χ2v) is 6.60. The zero-order valence-corrected chi connectivity index (χ0v) is 15.9. The first-order valence-electron chi connectivity index (χ1n) is 8.58. The molecule has 0 saturated carbocycles. The number of ether oxygens (including phenoxy) is 3. The number of nitrogens with one attached hydrogen (secondary N) is 1. The van der Waals surface area contributed by atoms with Gasteiger partial charge in [-0.3, -0.25) is 13.9 Å². The van der Waals surface area contributed by atoms with Crippen LogP contribution in [0.1, 0.15) is 17.0 Å². The third-order valence-electron chi connectivity index (χ3n) is 5.19. The number of nitrogens with zero attached hydrogens (tertiary/aromatic N) is 2. The van der Waals surface area contributed by atoms with Gasteiger partial charge in [-0.15, -0.1) is 0 Å². The molecule has 0 bridgehead atoms. The van der Waals surface area contributed by atoms with E-state index in [1.807, 2.05) is 0 Å². The van der Waals surface area contributed by atoms with Crippen LogP contribution in [0.25, 0.3) is 0 Å². The summed E-state index contributed by atoms with van der Waals surface area (Å²) < 4.78 is 18.3. The van der Waals surface area contributed by atoms with Crippen molar-refractivity contribution >= 4 is 11.8 Å². The standard InChI is InChI=1S/C19H19N3O6/c1-21-16-15(17(23)22(2)19(21)25)13(14-11(20-16)8-28-18(14)24)10-6-5-9(26-3)7-12(10)27-4/h5-7,13,20H,8H2,1-4H3. The second-order valence-electron chi connectivity index (χ2n) is 6.60. The van der Waals surface area contributed by atoms with E-state index in [0.29, 0.717) is 34.2 Å². The Balaban J connectivity index is 2.08. The Kier molecular flexibility index (Phi) is 4.02. The van der Waals surface area contributed by atoms with Crippen LogP contribution in [-0.2, 0) is 23.6 Å². The molecule has 0 fully saturated rings. The summed E-state index contributed by atoms with van der Waals surface area (Å²) >= 11 is 0. The van der Waals surface area contributed by atoms with Gasteiger partial charge >= 0.3 is 11.7 Å². The predicted molar refractivity (Wildman–Crippen MR) is 99.9 cm³/mol. The largest absolute Gasteiger partial charge is 0.497 e. The molecule has 28 heavy (non-hydrogen) atoms. The van der Waals surface area contributed by atoms with Crippen LogP contribution >= 0.6 is 0 Å². The molecule has 3 heterocycles. The first-order valence-corrected chi connectivity index (χ1v) is 8.58. The molecule has 1 unspecified atom stereocenters. The average Bonchev–Trinajstić information content (AvgIpc) is 3.09. The Morgan fingerprint density at radius 2 is 1.86 bits per heavy atom. The van der Waals surface area contributed by atoms with Gasteiger partial charge in [-0.25, -0.2) is 9.59 Å². The summed E-state index contributed by atoms with van der Waals surface area (Å²) in [5.41, 5.74) is 0.805. The molecule has 0 amide bonds. The number of carbonyl (C=O) groups is 1. The molecule has 1 aromatic carbocycles. The van der Waals surface area contributed by atoms with Crippen LogP contribution in [0.5, 0.6) is 11.5 Å². The SMILES string of the molecule is COc1ccc(C2C3=C(COC3=O)Nc3c2c(=O)n(C)c(=O)n3C)c(OC)c1. The molecule has 1 atom stereocenters. The van der Waals surface area contributed by atoms with Gasteiger partial charge in [0.25, 0.3) is 5.56 Å². The minimum atomic E-state index is -0.743. The molecule has 146 valence electrons. The lowest BCUT2D eigenvalue weighted by Crippen LogP contribution is -2.43. The van der Waals surface area contributed by atoms with Gasteiger partial charge in [-0.05, 0) is 6.07 Å². The van der Waals surface area contributed by atoms with E-state index in [2.05, 4.69) is 5.32 Å². The van der Waals surface area contributed by atoms with E-state index in [9.17, 15) is 14.4 Å². The molecule has 4 rings (SSSR count). The molecule has 2 aliphatic rings. The summed E-state index contributed by atoms with van der Waals surface area (Å²) in [6.45, 7) is 0.0476. The Labute approximate surface area is 159 Å². The number of esters is 1. The molecule has 1 N–H and O–H groups in total. The van der Waals surface area contributed by atoms with Crippen molar-refractivity contribution in [2.24, 2.45) is 14.1 Å². The summed E-state index contributed by atoms with van der Waals surface area (Å²) in [5.74, 6) is 0.124. The summed E-state index contributed by atoms with van der Waals surface area (Å²) in [7, 11) is 6.01. The van der Waals surface area contributed by atoms with Crippen molar-refractivity contribution in [3.05, 3.63) is 61.4 Å². The first-order chi connectivity index (χ1) is 13.4. The van der Waals surface area contributed by atoms with Crippen LogP contribution in [0.3, 0.4) is 0 Å².